The number of nitro groups is 1. The molecule has 1 N–H and O–H groups in total. The van der Waals surface area contributed by atoms with E-state index >= 15 is 0 Å². The van der Waals surface area contributed by atoms with Crippen molar-refractivity contribution in [3.63, 3.8) is 0 Å². The van der Waals surface area contributed by atoms with E-state index in [4.69, 9.17) is 11.6 Å². The molecule has 0 bridgehead atoms. The number of para-hydroxylation sites is 2. The van der Waals surface area contributed by atoms with Gasteiger partial charge in [-0.1, -0.05) is 23.7 Å². The first kappa shape index (κ1) is 21.4. The van der Waals surface area contributed by atoms with E-state index in [1.165, 1.54) is 25.3 Å². The van der Waals surface area contributed by atoms with Gasteiger partial charge in [0, 0.05) is 43.9 Å². The van der Waals surface area contributed by atoms with Gasteiger partial charge >= 0.3 is 0 Å². The summed E-state index contributed by atoms with van der Waals surface area (Å²) in [6.45, 7) is 3.25. The SMILES string of the molecule is O=C(Nc1ccc(N2CCCCC2)c(Cl)c1)C1CCN(c2ccccc2[N+](=O)[O-])CC1. The Bertz CT molecular complexity index is 954. The van der Waals surface area contributed by atoms with Crippen molar-refractivity contribution in [2.24, 2.45) is 5.92 Å². The van der Waals surface area contributed by atoms with Crippen LogP contribution in [0.15, 0.2) is 42.5 Å². The van der Waals surface area contributed by atoms with Crippen LogP contribution in [0.1, 0.15) is 32.1 Å². The summed E-state index contributed by atoms with van der Waals surface area (Å²) >= 11 is 6.50. The van der Waals surface area contributed by atoms with Crippen molar-refractivity contribution in [3.05, 3.63) is 57.6 Å². The molecule has 0 aromatic heterocycles. The summed E-state index contributed by atoms with van der Waals surface area (Å²) in [5, 5.41) is 15.0. The molecular formula is C23H27ClN4O3. The van der Waals surface area contributed by atoms with Gasteiger partial charge in [-0.25, -0.2) is 0 Å². The van der Waals surface area contributed by atoms with Crippen molar-refractivity contribution in [2.45, 2.75) is 32.1 Å². The van der Waals surface area contributed by atoms with Gasteiger partial charge in [0.1, 0.15) is 5.69 Å². The maximum Gasteiger partial charge on any atom is 0.292 e. The molecule has 0 aliphatic carbocycles. The Hall–Kier alpha value is -2.80. The quantitative estimate of drug-likeness (QED) is 0.515. The molecule has 164 valence electrons. The zero-order chi connectivity index (χ0) is 21.8. The molecule has 4 rings (SSSR count). The Labute approximate surface area is 187 Å². The van der Waals surface area contributed by atoms with Gasteiger partial charge in [0.15, 0.2) is 0 Å². The molecule has 1 amide bonds. The van der Waals surface area contributed by atoms with Crippen LogP contribution in [0, 0.1) is 16.0 Å². The number of nitro benzene ring substituents is 1. The molecule has 2 aliphatic heterocycles. The van der Waals surface area contributed by atoms with Crippen molar-refractivity contribution < 1.29 is 9.72 Å². The summed E-state index contributed by atoms with van der Waals surface area (Å²) in [6.07, 6.45) is 4.92. The average Bonchev–Trinajstić information content (AvgIpc) is 2.80. The number of nitrogens with zero attached hydrogens (tertiary/aromatic N) is 3. The van der Waals surface area contributed by atoms with Crippen molar-refractivity contribution in [3.8, 4) is 0 Å². The summed E-state index contributed by atoms with van der Waals surface area (Å²) in [5.74, 6) is -0.149. The molecule has 2 heterocycles. The molecule has 0 spiro atoms. The lowest BCUT2D eigenvalue weighted by Gasteiger charge is -2.32. The van der Waals surface area contributed by atoms with Crippen molar-refractivity contribution >= 4 is 40.3 Å². The van der Waals surface area contributed by atoms with Crippen LogP contribution >= 0.6 is 11.6 Å². The first-order chi connectivity index (χ1) is 15.0. The molecular weight excluding hydrogens is 416 g/mol. The minimum absolute atomic E-state index is 0.0241. The van der Waals surface area contributed by atoms with Crippen molar-refractivity contribution in [2.75, 3.05) is 41.3 Å². The van der Waals surface area contributed by atoms with Gasteiger partial charge < -0.3 is 15.1 Å². The maximum absolute atomic E-state index is 12.8. The van der Waals surface area contributed by atoms with E-state index in [0.29, 0.717) is 42.3 Å². The van der Waals surface area contributed by atoms with Gasteiger partial charge in [-0.3, -0.25) is 14.9 Å². The van der Waals surface area contributed by atoms with E-state index in [2.05, 4.69) is 10.2 Å². The molecule has 2 aromatic rings. The number of amides is 1. The van der Waals surface area contributed by atoms with Crippen molar-refractivity contribution in [1.29, 1.82) is 0 Å². The molecule has 0 saturated carbocycles. The number of rotatable bonds is 5. The molecule has 0 radical (unpaired) electrons. The molecule has 31 heavy (non-hydrogen) atoms. The van der Waals surface area contributed by atoms with E-state index in [0.717, 1.165) is 18.8 Å². The molecule has 2 aromatic carbocycles. The number of halogens is 1. The fourth-order valence-corrected chi connectivity index (χ4v) is 4.79. The third-order valence-electron chi connectivity index (χ3n) is 6.20. The number of hydrogen-bond acceptors (Lipinski definition) is 5. The predicted molar refractivity (Wildman–Crippen MR) is 124 cm³/mol. The number of anilines is 3. The summed E-state index contributed by atoms with van der Waals surface area (Å²) in [7, 11) is 0. The fourth-order valence-electron chi connectivity index (χ4n) is 4.49. The highest BCUT2D eigenvalue weighted by Gasteiger charge is 2.28. The minimum Gasteiger partial charge on any atom is -0.370 e. The van der Waals surface area contributed by atoms with Gasteiger partial charge in [0.05, 0.1) is 15.6 Å². The maximum atomic E-state index is 12.8. The molecule has 2 saturated heterocycles. The fraction of sp³-hybridized carbons (Fsp3) is 0.435. The lowest BCUT2D eigenvalue weighted by molar-refractivity contribution is -0.384. The Morgan fingerprint density at radius 3 is 2.32 bits per heavy atom. The minimum atomic E-state index is -0.356. The van der Waals surface area contributed by atoms with E-state index < -0.39 is 0 Å². The highest BCUT2D eigenvalue weighted by Crippen LogP contribution is 2.33. The Morgan fingerprint density at radius 1 is 0.968 bits per heavy atom. The van der Waals surface area contributed by atoms with Crippen LogP contribution < -0.4 is 15.1 Å². The Balaban J connectivity index is 1.35. The zero-order valence-electron chi connectivity index (χ0n) is 17.4. The third-order valence-corrected chi connectivity index (χ3v) is 6.50. The average molecular weight is 443 g/mol. The molecule has 2 fully saturated rings. The van der Waals surface area contributed by atoms with E-state index in [1.54, 1.807) is 18.2 Å². The summed E-state index contributed by atoms with van der Waals surface area (Å²) < 4.78 is 0. The Kier molecular flexibility index (Phi) is 6.61. The normalized spacial score (nSPS) is 17.5. The van der Waals surface area contributed by atoms with Gasteiger partial charge in [0.25, 0.3) is 5.69 Å². The lowest BCUT2D eigenvalue weighted by atomic mass is 9.95. The van der Waals surface area contributed by atoms with E-state index in [-0.39, 0.29) is 22.4 Å². The van der Waals surface area contributed by atoms with Crippen LogP contribution in [0.5, 0.6) is 0 Å². The van der Waals surface area contributed by atoms with Crippen LogP contribution in [-0.4, -0.2) is 37.0 Å². The number of benzene rings is 2. The Morgan fingerprint density at radius 2 is 1.65 bits per heavy atom. The van der Waals surface area contributed by atoms with Gasteiger partial charge in [-0.05, 0) is 56.4 Å². The smallest absolute Gasteiger partial charge is 0.292 e. The number of carbonyl (C=O) groups is 1. The van der Waals surface area contributed by atoms with Crippen LogP contribution in [0.3, 0.4) is 0 Å². The molecule has 8 heteroatoms. The standard InChI is InChI=1S/C23H27ClN4O3/c24-19-16-18(8-9-20(19)26-12-4-1-5-13-26)25-23(29)17-10-14-27(15-11-17)21-6-2-3-7-22(21)28(30)31/h2-3,6-9,16-17H,1,4-5,10-15H2,(H,25,29). The zero-order valence-corrected chi connectivity index (χ0v) is 18.2. The number of hydrogen-bond donors (Lipinski definition) is 1. The highest BCUT2D eigenvalue weighted by molar-refractivity contribution is 6.33. The lowest BCUT2D eigenvalue weighted by Crippen LogP contribution is -2.38. The topological polar surface area (TPSA) is 78.7 Å². The monoisotopic (exact) mass is 442 g/mol. The van der Waals surface area contributed by atoms with Crippen LogP contribution in [-0.2, 0) is 4.79 Å². The number of nitrogens with one attached hydrogen (secondary N) is 1. The van der Waals surface area contributed by atoms with Gasteiger partial charge in [-0.15, -0.1) is 0 Å². The predicted octanol–water partition coefficient (Wildman–Crippen LogP) is 5.09. The van der Waals surface area contributed by atoms with Crippen LogP contribution in [0.2, 0.25) is 5.02 Å². The van der Waals surface area contributed by atoms with Crippen LogP contribution in [0.4, 0.5) is 22.7 Å². The number of carbonyl (C=O) groups excluding carboxylic acids is 1. The number of piperidine rings is 2. The van der Waals surface area contributed by atoms with Crippen LogP contribution in [0.25, 0.3) is 0 Å². The van der Waals surface area contributed by atoms with E-state index in [9.17, 15) is 14.9 Å². The van der Waals surface area contributed by atoms with E-state index in [1.807, 2.05) is 23.1 Å². The summed E-state index contributed by atoms with van der Waals surface area (Å²) in [6, 6.07) is 12.5. The largest absolute Gasteiger partial charge is 0.370 e. The van der Waals surface area contributed by atoms with Gasteiger partial charge in [-0.2, -0.15) is 0 Å². The summed E-state index contributed by atoms with van der Waals surface area (Å²) in [4.78, 5) is 28.0. The second-order valence-electron chi connectivity index (χ2n) is 8.21. The van der Waals surface area contributed by atoms with Crippen molar-refractivity contribution in [1.82, 2.24) is 0 Å². The first-order valence-corrected chi connectivity index (χ1v) is 11.2. The molecule has 2 aliphatic rings. The second kappa shape index (κ2) is 9.56. The summed E-state index contributed by atoms with van der Waals surface area (Å²) in [5.41, 5.74) is 2.45. The molecule has 0 atom stereocenters. The van der Waals surface area contributed by atoms with Gasteiger partial charge in [0.2, 0.25) is 5.91 Å². The molecule has 7 nitrogen and oxygen atoms in total. The second-order valence-corrected chi connectivity index (χ2v) is 8.62. The third kappa shape index (κ3) is 4.93. The first-order valence-electron chi connectivity index (χ1n) is 10.9. The molecule has 0 unspecified atom stereocenters. The highest BCUT2D eigenvalue weighted by atomic mass is 35.5.